The summed E-state index contributed by atoms with van der Waals surface area (Å²) in [6, 6.07) is 10.6. The number of nitrogens with two attached hydrogens (primary N) is 1. The van der Waals surface area contributed by atoms with Crippen molar-refractivity contribution in [3.8, 4) is 0 Å². The molecule has 92 valence electrons. The van der Waals surface area contributed by atoms with Crippen LogP contribution in [0, 0.1) is 5.92 Å². The van der Waals surface area contributed by atoms with Crippen molar-refractivity contribution in [1.29, 1.82) is 0 Å². The van der Waals surface area contributed by atoms with E-state index in [0.717, 1.165) is 12.8 Å². The van der Waals surface area contributed by atoms with Crippen LogP contribution in [0.3, 0.4) is 0 Å². The fourth-order valence-electron chi connectivity index (χ4n) is 1.94. The highest BCUT2D eigenvalue weighted by Gasteiger charge is 2.33. The summed E-state index contributed by atoms with van der Waals surface area (Å²) in [6.07, 6.45) is 2.27. The molecule has 0 saturated heterocycles. The molecule has 0 spiro atoms. The maximum atomic E-state index is 12.2. The molecule has 3 heteroatoms. The molecule has 0 aliphatic heterocycles. The first-order chi connectivity index (χ1) is 8.22. The van der Waals surface area contributed by atoms with Crippen molar-refractivity contribution < 1.29 is 4.79 Å². The molecule has 17 heavy (non-hydrogen) atoms. The number of hydrogen-bond acceptors (Lipinski definition) is 2. The van der Waals surface area contributed by atoms with E-state index in [1.54, 1.807) is 0 Å². The Morgan fingerprint density at radius 1 is 1.41 bits per heavy atom. The monoisotopic (exact) mass is 232 g/mol. The fourth-order valence-corrected chi connectivity index (χ4v) is 1.94. The van der Waals surface area contributed by atoms with Crippen LogP contribution in [-0.2, 0) is 11.3 Å². The predicted molar refractivity (Wildman–Crippen MR) is 68.2 cm³/mol. The van der Waals surface area contributed by atoms with Crippen molar-refractivity contribution in [1.82, 2.24) is 4.90 Å². The van der Waals surface area contributed by atoms with Gasteiger partial charge in [-0.3, -0.25) is 4.79 Å². The zero-order chi connectivity index (χ0) is 12.3. The molecule has 0 heterocycles. The lowest BCUT2D eigenvalue weighted by Gasteiger charge is -2.25. The van der Waals surface area contributed by atoms with Crippen molar-refractivity contribution in [3.05, 3.63) is 35.9 Å². The summed E-state index contributed by atoms with van der Waals surface area (Å²) in [6.45, 7) is 3.05. The number of rotatable bonds is 5. The van der Waals surface area contributed by atoms with Gasteiger partial charge in [-0.05, 0) is 18.4 Å². The average molecular weight is 232 g/mol. The molecule has 2 rings (SSSR count). The molecule has 1 atom stereocenters. The zero-order valence-electron chi connectivity index (χ0n) is 10.3. The fraction of sp³-hybridized carbons (Fsp3) is 0.500. The smallest absolute Gasteiger partial charge is 0.227 e. The van der Waals surface area contributed by atoms with Gasteiger partial charge >= 0.3 is 0 Å². The van der Waals surface area contributed by atoms with Gasteiger partial charge in [0.1, 0.15) is 0 Å². The van der Waals surface area contributed by atoms with Crippen molar-refractivity contribution >= 4 is 5.91 Å². The van der Waals surface area contributed by atoms with Gasteiger partial charge in [0.05, 0.1) is 0 Å². The number of nitrogens with zero attached hydrogens (tertiary/aromatic N) is 1. The van der Waals surface area contributed by atoms with E-state index < -0.39 is 0 Å². The summed E-state index contributed by atoms with van der Waals surface area (Å²) >= 11 is 0. The molecule has 0 aromatic heterocycles. The molecule has 1 amide bonds. The highest BCUT2D eigenvalue weighted by molar-refractivity contribution is 5.79. The molecule has 1 unspecified atom stereocenters. The standard InChI is InChI=1S/C14H20N2O/c1-11(9-15)14(17)16(13-7-8-13)10-12-5-3-2-4-6-12/h2-6,11,13H,7-10,15H2,1H3. The minimum absolute atomic E-state index is 0.0701. The van der Waals surface area contributed by atoms with Gasteiger partial charge in [0.15, 0.2) is 0 Å². The first kappa shape index (κ1) is 12.1. The molecule has 1 saturated carbocycles. The molecule has 1 aromatic rings. The van der Waals surface area contributed by atoms with Gasteiger partial charge < -0.3 is 10.6 Å². The van der Waals surface area contributed by atoms with Crippen LogP contribution in [0.4, 0.5) is 0 Å². The molecule has 0 radical (unpaired) electrons. The summed E-state index contributed by atoms with van der Waals surface area (Å²) in [5, 5.41) is 0. The van der Waals surface area contributed by atoms with Crippen LogP contribution in [0.25, 0.3) is 0 Å². The lowest BCUT2D eigenvalue weighted by atomic mass is 10.1. The van der Waals surface area contributed by atoms with Gasteiger partial charge in [0.25, 0.3) is 0 Å². The van der Waals surface area contributed by atoms with Gasteiger partial charge in [-0.2, -0.15) is 0 Å². The first-order valence-electron chi connectivity index (χ1n) is 6.27. The third-order valence-electron chi connectivity index (χ3n) is 3.24. The summed E-state index contributed by atoms with van der Waals surface area (Å²) in [5.74, 6) is 0.123. The van der Waals surface area contributed by atoms with E-state index in [9.17, 15) is 4.79 Å². The minimum atomic E-state index is -0.0701. The van der Waals surface area contributed by atoms with Crippen LogP contribution >= 0.6 is 0 Å². The Bertz CT molecular complexity index is 373. The average Bonchev–Trinajstić information content (AvgIpc) is 3.19. The topological polar surface area (TPSA) is 46.3 Å². The molecular formula is C14H20N2O. The third kappa shape index (κ3) is 3.07. The van der Waals surface area contributed by atoms with E-state index in [1.807, 2.05) is 30.0 Å². The molecule has 1 fully saturated rings. The van der Waals surface area contributed by atoms with Crippen molar-refractivity contribution in [2.24, 2.45) is 11.7 Å². The number of carbonyl (C=O) groups excluding carboxylic acids is 1. The second-order valence-electron chi connectivity index (χ2n) is 4.82. The van der Waals surface area contributed by atoms with E-state index in [4.69, 9.17) is 5.73 Å². The van der Waals surface area contributed by atoms with Crippen molar-refractivity contribution in [2.75, 3.05) is 6.54 Å². The van der Waals surface area contributed by atoms with Crippen LogP contribution < -0.4 is 5.73 Å². The highest BCUT2D eigenvalue weighted by Crippen LogP contribution is 2.29. The maximum Gasteiger partial charge on any atom is 0.227 e. The third-order valence-corrected chi connectivity index (χ3v) is 3.24. The predicted octanol–water partition coefficient (Wildman–Crippen LogP) is 1.77. The second-order valence-corrected chi connectivity index (χ2v) is 4.82. The minimum Gasteiger partial charge on any atom is -0.335 e. The second kappa shape index (κ2) is 5.32. The zero-order valence-corrected chi connectivity index (χ0v) is 10.3. The van der Waals surface area contributed by atoms with Crippen LogP contribution in [0.1, 0.15) is 25.3 Å². The summed E-state index contributed by atoms with van der Waals surface area (Å²) in [4.78, 5) is 14.2. The van der Waals surface area contributed by atoms with E-state index in [-0.39, 0.29) is 11.8 Å². The Morgan fingerprint density at radius 2 is 2.06 bits per heavy atom. The van der Waals surface area contributed by atoms with Gasteiger partial charge in [-0.1, -0.05) is 37.3 Å². The maximum absolute atomic E-state index is 12.2. The molecule has 2 N–H and O–H groups in total. The van der Waals surface area contributed by atoms with E-state index in [0.29, 0.717) is 19.1 Å². The number of carbonyl (C=O) groups is 1. The van der Waals surface area contributed by atoms with E-state index in [2.05, 4.69) is 12.1 Å². The number of amides is 1. The Kier molecular flexibility index (Phi) is 3.79. The molecule has 1 aliphatic rings. The molecule has 1 aliphatic carbocycles. The Hall–Kier alpha value is -1.35. The van der Waals surface area contributed by atoms with Gasteiger partial charge in [-0.15, -0.1) is 0 Å². The Morgan fingerprint density at radius 3 is 2.59 bits per heavy atom. The quantitative estimate of drug-likeness (QED) is 0.841. The number of hydrogen-bond donors (Lipinski definition) is 1. The Balaban J connectivity index is 2.05. The first-order valence-corrected chi connectivity index (χ1v) is 6.27. The molecule has 1 aromatic carbocycles. The van der Waals surface area contributed by atoms with Crippen LogP contribution in [0.2, 0.25) is 0 Å². The highest BCUT2D eigenvalue weighted by atomic mass is 16.2. The van der Waals surface area contributed by atoms with Crippen molar-refractivity contribution in [3.63, 3.8) is 0 Å². The normalized spacial score (nSPS) is 16.6. The van der Waals surface area contributed by atoms with Gasteiger partial charge in [0, 0.05) is 25.0 Å². The largest absolute Gasteiger partial charge is 0.335 e. The molecule has 3 nitrogen and oxygen atoms in total. The Labute approximate surface area is 103 Å². The van der Waals surface area contributed by atoms with Gasteiger partial charge in [0.2, 0.25) is 5.91 Å². The van der Waals surface area contributed by atoms with Crippen LogP contribution in [0.15, 0.2) is 30.3 Å². The summed E-state index contributed by atoms with van der Waals surface area (Å²) in [7, 11) is 0. The van der Waals surface area contributed by atoms with Gasteiger partial charge in [-0.25, -0.2) is 0 Å². The van der Waals surface area contributed by atoms with E-state index in [1.165, 1.54) is 5.56 Å². The summed E-state index contributed by atoms with van der Waals surface area (Å²) < 4.78 is 0. The van der Waals surface area contributed by atoms with Crippen LogP contribution in [-0.4, -0.2) is 23.4 Å². The number of benzene rings is 1. The van der Waals surface area contributed by atoms with E-state index >= 15 is 0 Å². The molecule has 0 bridgehead atoms. The van der Waals surface area contributed by atoms with Crippen molar-refractivity contribution in [2.45, 2.75) is 32.4 Å². The molecular weight excluding hydrogens is 212 g/mol. The lowest BCUT2D eigenvalue weighted by Crippen LogP contribution is -2.38. The summed E-state index contributed by atoms with van der Waals surface area (Å²) in [5.41, 5.74) is 6.77. The van der Waals surface area contributed by atoms with Crippen LogP contribution in [0.5, 0.6) is 0 Å². The lowest BCUT2D eigenvalue weighted by molar-refractivity contribution is -0.135. The SMILES string of the molecule is CC(CN)C(=O)N(Cc1ccccc1)C1CC1.